The van der Waals surface area contributed by atoms with Gasteiger partial charge in [-0.25, -0.2) is 9.07 Å². The molecular formula is C19H22ClFN4O2. The number of aromatic nitrogens is 2. The molecular weight excluding hydrogens is 371 g/mol. The molecule has 0 fully saturated rings. The predicted octanol–water partition coefficient (Wildman–Crippen LogP) is 2.97. The highest BCUT2D eigenvalue weighted by Gasteiger charge is 2.14. The molecule has 0 saturated heterocycles. The summed E-state index contributed by atoms with van der Waals surface area (Å²) in [6.45, 7) is 4.27. The molecule has 8 heteroatoms. The Morgan fingerprint density at radius 3 is 2.63 bits per heavy atom. The van der Waals surface area contributed by atoms with Gasteiger partial charge in [0.05, 0.1) is 17.9 Å². The van der Waals surface area contributed by atoms with E-state index in [1.54, 1.807) is 32.2 Å². The van der Waals surface area contributed by atoms with Crippen molar-refractivity contribution in [2.75, 3.05) is 20.1 Å². The summed E-state index contributed by atoms with van der Waals surface area (Å²) in [4.78, 5) is 25.2. The van der Waals surface area contributed by atoms with Crippen LogP contribution < -0.4 is 5.32 Å². The van der Waals surface area contributed by atoms with E-state index < -0.39 is 0 Å². The molecule has 0 saturated carbocycles. The van der Waals surface area contributed by atoms with Gasteiger partial charge in [0.25, 0.3) is 0 Å². The second-order valence-electron chi connectivity index (χ2n) is 6.06. The van der Waals surface area contributed by atoms with Gasteiger partial charge in [-0.3, -0.25) is 9.59 Å². The highest BCUT2D eigenvalue weighted by atomic mass is 35.5. The Bertz CT molecular complexity index is 846. The van der Waals surface area contributed by atoms with Crippen LogP contribution in [0.1, 0.15) is 24.6 Å². The van der Waals surface area contributed by atoms with Crippen LogP contribution in [0.2, 0.25) is 5.15 Å². The standard InChI is InChI=1S/C19H22ClFN4O2/c1-4-11-22-17(26)12-24(3)18(27)10-9-16-13(2)23-25(19(16)20)15-7-5-14(21)6-8-15/h5-10H,4,11-12H2,1-3H3,(H,22,26). The fraction of sp³-hybridized carbons (Fsp3) is 0.316. The molecule has 6 nitrogen and oxygen atoms in total. The molecule has 1 aromatic heterocycles. The quantitative estimate of drug-likeness (QED) is 0.736. The van der Waals surface area contributed by atoms with E-state index >= 15 is 0 Å². The number of rotatable bonds is 7. The summed E-state index contributed by atoms with van der Waals surface area (Å²) in [5.74, 6) is -0.887. The lowest BCUT2D eigenvalue weighted by atomic mass is 10.2. The topological polar surface area (TPSA) is 67.2 Å². The van der Waals surface area contributed by atoms with Gasteiger partial charge in [-0.2, -0.15) is 5.10 Å². The lowest BCUT2D eigenvalue weighted by molar-refractivity contribution is -0.131. The van der Waals surface area contributed by atoms with E-state index in [0.717, 1.165) is 6.42 Å². The van der Waals surface area contributed by atoms with Gasteiger partial charge in [-0.05, 0) is 43.7 Å². The SMILES string of the molecule is CCCNC(=O)CN(C)C(=O)C=Cc1c(C)nn(-c2ccc(F)cc2)c1Cl. The average Bonchev–Trinajstić information content (AvgIpc) is 2.92. The van der Waals surface area contributed by atoms with Crippen molar-refractivity contribution in [1.82, 2.24) is 20.0 Å². The molecule has 0 aliphatic heterocycles. The number of hydrogen-bond acceptors (Lipinski definition) is 3. The molecule has 0 atom stereocenters. The van der Waals surface area contributed by atoms with Crippen molar-refractivity contribution in [3.63, 3.8) is 0 Å². The number of aryl methyl sites for hydroxylation is 1. The third-order valence-corrected chi connectivity index (χ3v) is 4.20. The van der Waals surface area contributed by atoms with Crippen LogP contribution in [-0.4, -0.2) is 46.6 Å². The van der Waals surface area contributed by atoms with Crippen LogP contribution in [0.25, 0.3) is 11.8 Å². The zero-order valence-corrected chi connectivity index (χ0v) is 16.3. The Kier molecular flexibility index (Phi) is 7.12. The number of halogens is 2. The lowest BCUT2D eigenvalue weighted by Crippen LogP contribution is -2.37. The molecule has 144 valence electrons. The Balaban J connectivity index is 2.11. The molecule has 27 heavy (non-hydrogen) atoms. The smallest absolute Gasteiger partial charge is 0.246 e. The first-order chi connectivity index (χ1) is 12.8. The summed E-state index contributed by atoms with van der Waals surface area (Å²) in [5.41, 5.74) is 1.81. The van der Waals surface area contributed by atoms with Crippen LogP contribution in [-0.2, 0) is 9.59 Å². The molecule has 0 unspecified atom stereocenters. The molecule has 2 amide bonds. The van der Waals surface area contributed by atoms with Crippen molar-refractivity contribution in [3.8, 4) is 5.69 Å². The third kappa shape index (κ3) is 5.40. The van der Waals surface area contributed by atoms with Crippen molar-refractivity contribution in [2.24, 2.45) is 0 Å². The number of benzene rings is 1. The van der Waals surface area contributed by atoms with Gasteiger partial charge in [0, 0.05) is 25.2 Å². The normalized spacial score (nSPS) is 11.0. The maximum atomic E-state index is 13.1. The minimum atomic E-state index is -0.351. The number of nitrogens with zero attached hydrogens (tertiary/aromatic N) is 3. The van der Waals surface area contributed by atoms with Crippen LogP contribution in [0.5, 0.6) is 0 Å². The van der Waals surface area contributed by atoms with Gasteiger partial charge in [0.15, 0.2) is 0 Å². The zero-order chi connectivity index (χ0) is 20.0. The molecule has 0 aliphatic carbocycles. The first-order valence-electron chi connectivity index (χ1n) is 8.54. The van der Waals surface area contributed by atoms with Crippen molar-refractivity contribution in [1.29, 1.82) is 0 Å². The van der Waals surface area contributed by atoms with E-state index in [1.807, 2.05) is 6.92 Å². The van der Waals surface area contributed by atoms with Crippen molar-refractivity contribution in [2.45, 2.75) is 20.3 Å². The van der Waals surface area contributed by atoms with Gasteiger partial charge < -0.3 is 10.2 Å². The second kappa shape index (κ2) is 9.32. The molecule has 1 N–H and O–H groups in total. The Labute approximate surface area is 162 Å². The van der Waals surface area contributed by atoms with Crippen LogP contribution in [0.15, 0.2) is 30.3 Å². The summed E-state index contributed by atoms with van der Waals surface area (Å²) in [6, 6.07) is 5.77. The predicted molar refractivity (Wildman–Crippen MR) is 103 cm³/mol. The lowest BCUT2D eigenvalue weighted by Gasteiger charge is -2.14. The number of carbonyl (C=O) groups is 2. The fourth-order valence-corrected chi connectivity index (χ4v) is 2.68. The zero-order valence-electron chi connectivity index (χ0n) is 15.5. The maximum Gasteiger partial charge on any atom is 0.246 e. The minimum Gasteiger partial charge on any atom is -0.355 e. The molecule has 0 bridgehead atoms. The number of hydrogen-bond donors (Lipinski definition) is 1. The van der Waals surface area contributed by atoms with Gasteiger partial charge in [0.2, 0.25) is 11.8 Å². The van der Waals surface area contributed by atoms with Gasteiger partial charge in [-0.15, -0.1) is 0 Å². The third-order valence-electron chi connectivity index (χ3n) is 3.84. The first-order valence-corrected chi connectivity index (χ1v) is 8.92. The summed E-state index contributed by atoms with van der Waals surface area (Å²) in [6.07, 6.45) is 3.74. The Hall–Kier alpha value is -2.67. The number of nitrogens with one attached hydrogen (secondary N) is 1. The fourth-order valence-electron chi connectivity index (χ4n) is 2.35. The van der Waals surface area contributed by atoms with Crippen molar-refractivity contribution < 1.29 is 14.0 Å². The highest BCUT2D eigenvalue weighted by Crippen LogP contribution is 2.24. The van der Waals surface area contributed by atoms with Gasteiger partial charge >= 0.3 is 0 Å². The summed E-state index contributed by atoms with van der Waals surface area (Å²) < 4.78 is 14.6. The van der Waals surface area contributed by atoms with Crippen molar-refractivity contribution >= 4 is 29.5 Å². The monoisotopic (exact) mass is 392 g/mol. The minimum absolute atomic E-state index is 0.0231. The summed E-state index contributed by atoms with van der Waals surface area (Å²) >= 11 is 6.37. The Morgan fingerprint density at radius 2 is 2.00 bits per heavy atom. The molecule has 1 heterocycles. The summed E-state index contributed by atoms with van der Waals surface area (Å²) in [7, 11) is 1.55. The highest BCUT2D eigenvalue weighted by molar-refractivity contribution is 6.31. The molecule has 0 aliphatic rings. The largest absolute Gasteiger partial charge is 0.355 e. The van der Waals surface area contributed by atoms with Crippen molar-refractivity contribution in [3.05, 3.63) is 52.6 Å². The van der Waals surface area contributed by atoms with Crippen LogP contribution in [0.4, 0.5) is 4.39 Å². The first kappa shape index (κ1) is 20.6. The Morgan fingerprint density at radius 1 is 1.33 bits per heavy atom. The van der Waals surface area contributed by atoms with E-state index in [4.69, 9.17) is 11.6 Å². The van der Waals surface area contributed by atoms with E-state index in [0.29, 0.717) is 28.6 Å². The van der Waals surface area contributed by atoms with Gasteiger partial charge in [-0.1, -0.05) is 18.5 Å². The van der Waals surface area contributed by atoms with E-state index in [2.05, 4.69) is 10.4 Å². The molecule has 0 spiro atoms. The van der Waals surface area contributed by atoms with Crippen LogP contribution >= 0.6 is 11.6 Å². The molecule has 1 aromatic carbocycles. The van der Waals surface area contributed by atoms with Crippen LogP contribution in [0.3, 0.4) is 0 Å². The van der Waals surface area contributed by atoms with Crippen LogP contribution in [0, 0.1) is 12.7 Å². The number of carbonyl (C=O) groups excluding carboxylic acids is 2. The van der Waals surface area contributed by atoms with E-state index in [9.17, 15) is 14.0 Å². The average molecular weight is 393 g/mol. The van der Waals surface area contributed by atoms with Gasteiger partial charge in [0.1, 0.15) is 11.0 Å². The number of likely N-dealkylation sites (N-methyl/N-ethyl adjacent to an activating group) is 1. The van der Waals surface area contributed by atoms with E-state index in [1.165, 1.54) is 27.8 Å². The van der Waals surface area contributed by atoms with E-state index in [-0.39, 0.29) is 24.2 Å². The molecule has 2 rings (SSSR count). The summed E-state index contributed by atoms with van der Waals surface area (Å²) in [5, 5.41) is 7.37. The molecule has 2 aromatic rings. The maximum absolute atomic E-state index is 13.1. The second-order valence-corrected chi connectivity index (χ2v) is 6.41. The number of amides is 2. The molecule has 0 radical (unpaired) electrons.